The molecule has 2 nitrogen and oxygen atoms in total. The van der Waals surface area contributed by atoms with Crippen molar-refractivity contribution in [3.8, 4) is 0 Å². The monoisotopic (exact) mass is 210 g/mol. The Morgan fingerprint density at radius 1 is 1.20 bits per heavy atom. The van der Waals surface area contributed by atoms with Crippen molar-refractivity contribution in [2.45, 2.75) is 59.0 Å². The lowest BCUT2D eigenvalue weighted by atomic mass is 10.0. The molecule has 1 unspecified atom stereocenters. The first-order valence-electron chi connectivity index (χ1n) is 6.37. The van der Waals surface area contributed by atoms with Crippen LogP contribution in [0.3, 0.4) is 0 Å². The third-order valence-electron chi connectivity index (χ3n) is 3.20. The first kappa shape index (κ1) is 12.7. The molecule has 1 atom stereocenters. The number of rotatable bonds is 4. The molecule has 88 valence electrons. The summed E-state index contributed by atoms with van der Waals surface area (Å²) in [7, 11) is 0. The van der Waals surface area contributed by atoms with Gasteiger partial charge in [-0.15, -0.1) is 0 Å². The predicted octanol–water partition coefficient (Wildman–Crippen LogP) is 2.98. The van der Waals surface area contributed by atoms with Crippen LogP contribution in [0.25, 0.3) is 0 Å². The van der Waals surface area contributed by atoms with Crippen LogP contribution < -0.4 is 0 Å². The Kier molecular flexibility index (Phi) is 5.30. The SMILES string of the molecule is CC(C)N(CC1C=NCCCC1)C(C)C. The number of aliphatic imine (C=N–C) groups is 1. The summed E-state index contributed by atoms with van der Waals surface area (Å²) in [6, 6.07) is 1.28. The fourth-order valence-corrected chi connectivity index (χ4v) is 2.33. The van der Waals surface area contributed by atoms with E-state index in [0.717, 1.165) is 6.54 Å². The first-order chi connectivity index (χ1) is 7.11. The summed E-state index contributed by atoms with van der Waals surface area (Å²) in [4.78, 5) is 7.04. The molecule has 0 aromatic carbocycles. The van der Waals surface area contributed by atoms with Gasteiger partial charge in [-0.1, -0.05) is 6.42 Å². The molecule has 0 saturated heterocycles. The molecule has 0 amide bonds. The zero-order valence-corrected chi connectivity index (χ0v) is 10.7. The molecule has 0 aromatic heterocycles. The van der Waals surface area contributed by atoms with Crippen LogP contribution in [-0.2, 0) is 0 Å². The van der Waals surface area contributed by atoms with E-state index >= 15 is 0 Å². The minimum absolute atomic E-state index is 0.640. The maximum atomic E-state index is 4.47. The van der Waals surface area contributed by atoms with E-state index in [2.05, 4.69) is 43.8 Å². The smallest absolute Gasteiger partial charge is 0.0385 e. The Bertz CT molecular complexity index is 189. The molecule has 0 aromatic rings. The van der Waals surface area contributed by atoms with Gasteiger partial charge in [-0.25, -0.2) is 0 Å². The van der Waals surface area contributed by atoms with Crippen LogP contribution in [0.15, 0.2) is 4.99 Å². The highest BCUT2D eigenvalue weighted by Gasteiger charge is 2.18. The van der Waals surface area contributed by atoms with Crippen molar-refractivity contribution in [2.24, 2.45) is 10.9 Å². The summed E-state index contributed by atoms with van der Waals surface area (Å²) in [5.41, 5.74) is 0. The zero-order valence-electron chi connectivity index (χ0n) is 10.7. The van der Waals surface area contributed by atoms with E-state index in [-0.39, 0.29) is 0 Å². The number of nitrogens with zero attached hydrogens (tertiary/aromatic N) is 2. The molecule has 2 heteroatoms. The third-order valence-corrected chi connectivity index (χ3v) is 3.20. The summed E-state index contributed by atoms with van der Waals surface area (Å²) in [5, 5.41) is 0. The van der Waals surface area contributed by atoms with E-state index < -0.39 is 0 Å². The van der Waals surface area contributed by atoms with Gasteiger partial charge in [-0.3, -0.25) is 9.89 Å². The Hall–Kier alpha value is -0.370. The maximum absolute atomic E-state index is 4.47. The standard InChI is InChI=1S/C13H26N2/c1-11(2)15(12(3)4)10-13-7-5-6-8-14-9-13/h9,11-13H,5-8,10H2,1-4H3. The molecule has 0 fully saturated rings. The molecule has 0 aliphatic carbocycles. The molecule has 15 heavy (non-hydrogen) atoms. The average molecular weight is 210 g/mol. The zero-order chi connectivity index (χ0) is 11.3. The van der Waals surface area contributed by atoms with E-state index in [1.165, 1.54) is 25.8 Å². The van der Waals surface area contributed by atoms with Crippen LogP contribution in [0.1, 0.15) is 47.0 Å². The Morgan fingerprint density at radius 3 is 2.47 bits per heavy atom. The van der Waals surface area contributed by atoms with Crippen LogP contribution in [0.2, 0.25) is 0 Å². The largest absolute Gasteiger partial charge is 0.298 e. The molecule has 1 aliphatic heterocycles. The van der Waals surface area contributed by atoms with Crippen molar-refractivity contribution in [1.82, 2.24) is 4.90 Å². The minimum Gasteiger partial charge on any atom is -0.298 e. The highest BCUT2D eigenvalue weighted by molar-refractivity contribution is 5.61. The molecular weight excluding hydrogens is 184 g/mol. The van der Waals surface area contributed by atoms with Crippen molar-refractivity contribution in [2.75, 3.05) is 13.1 Å². The van der Waals surface area contributed by atoms with Crippen LogP contribution in [0, 0.1) is 5.92 Å². The van der Waals surface area contributed by atoms with Gasteiger partial charge in [0, 0.05) is 37.3 Å². The van der Waals surface area contributed by atoms with Crippen molar-refractivity contribution in [3.63, 3.8) is 0 Å². The fraction of sp³-hybridized carbons (Fsp3) is 0.923. The summed E-state index contributed by atoms with van der Waals surface area (Å²) in [5.74, 6) is 0.678. The van der Waals surface area contributed by atoms with Gasteiger partial charge in [-0.2, -0.15) is 0 Å². The van der Waals surface area contributed by atoms with E-state index in [0.29, 0.717) is 18.0 Å². The molecule has 1 rings (SSSR count). The average Bonchev–Trinajstić information content (AvgIpc) is 2.41. The number of hydrogen-bond donors (Lipinski definition) is 0. The van der Waals surface area contributed by atoms with Gasteiger partial charge in [0.25, 0.3) is 0 Å². The van der Waals surface area contributed by atoms with Crippen molar-refractivity contribution < 1.29 is 0 Å². The maximum Gasteiger partial charge on any atom is 0.0385 e. The van der Waals surface area contributed by atoms with E-state index in [9.17, 15) is 0 Å². The lowest BCUT2D eigenvalue weighted by Crippen LogP contribution is -2.40. The van der Waals surface area contributed by atoms with Crippen LogP contribution >= 0.6 is 0 Å². The molecule has 0 N–H and O–H groups in total. The second kappa shape index (κ2) is 6.26. The molecule has 1 aliphatic rings. The molecule has 1 heterocycles. The van der Waals surface area contributed by atoms with Gasteiger partial charge >= 0.3 is 0 Å². The van der Waals surface area contributed by atoms with Crippen LogP contribution in [0.5, 0.6) is 0 Å². The van der Waals surface area contributed by atoms with E-state index in [1.807, 2.05) is 0 Å². The minimum atomic E-state index is 0.640. The summed E-state index contributed by atoms with van der Waals surface area (Å²) < 4.78 is 0. The lowest BCUT2D eigenvalue weighted by Gasteiger charge is -2.32. The third kappa shape index (κ3) is 4.33. The molecular formula is C13H26N2. The topological polar surface area (TPSA) is 15.6 Å². The van der Waals surface area contributed by atoms with E-state index in [1.54, 1.807) is 0 Å². The summed E-state index contributed by atoms with van der Waals surface area (Å²) in [6.45, 7) is 11.4. The Labute approximate surface area is 94.8 Å². The van der Waals surface area contributed by atoms with Gasteiger partial charge in [0.2, 0.25) is 0 Å². The summed E-state index contributed by atoms with van der Waals surface area (Å²) in [6.07, 6.45) is 6.13. The number of hydrogen-bond acceptors (Lipinski definition) is 2. The second-order valence-electron chi connectivity index (χ2n) is 5.20. The Balaban J connectivity index is 2.49. The highest BCUT2D eigenvalue weighted by Crippen LogP contribution is 2.15. The molecule has 0 spiro atoms. The van der Waals surface area contributed by atoms with Crippen molar-refractivity contribution >= 4 is 6.21 Å². The summed E-state index contributed by atoms with van der Waals surface area (Å²) >= 11 is 0. The lowest BCUT2D eigenvalue weighted by molar-refractivity contribution is 0.160. The van der Waals surface area contributed by atoms with Crippen LogP contribution in [-0.4, -0.2) is 36.3 Å². The van der Waals surface area contributed by atoms with Gasteiger partial charge < -0.3 is 0 Å². The molecule has 0 bridgehead atoms. The normalized spacial score (nSPS) is 22.7. The predicted molar refractivity (Wildman–Crippen MR) is 67.7 cm³/mol. The quantitative estimate of drug-likeness (QED) is 0.696. The second-order valence-corrected chi connectivity index (χ2v) is 5.20. The van der Waals surface area contributed by atoms with Gasteiger partial charge in [0.05, 0.1) is 0 Å². The van der Waals surface area contributed by atoms with Gasteiger partial charge in [-0.05, 0) is 40.5 Å². The molecule has 0 saturated carbocycles. The van der Waals surface area contributed by atoms with Gasteiger partial charge in [0.1, 0.15) is 0 Å². The van der Waals surface area contributed by atoms with Crippen molar-refractivity contribution in [3.05, 3.63) is 0 Å². The first-order valence-corrected chi connectivity index (χ1v) is 6.37. The Morgan fingerprint density at radius 2 is 1.87 bits per heavy atom. The van der Waals surface area contributed by atoms with Crippen LogP contribution in [0.4, 0.5) is 0 Å². The van der Waals surface area contributed by atoms with E-state index in [4.69, 9.17) is 0 Å². The fourth-order valence-electron chi connectivity index (χ4n) is 2.33. The highest BCUT2D eigenvalue weighted by atomic mass is 15.2. The van der Waals surface area contributed by atoms with Crippen molar-refractivity contribution in [1.29, 1.82) is 0 Å². The molecule has 0 radical (unpaired) electrons. The van der Waals surface area contributed by atoms with Gasteiger partial charge in [0.15, 0.2) is 0 Å².